The minimum atomic E-state index is -3.42. The SMILES string of the molecule is COc1cccc(CCNS(=O)(=O)c2ccc(Br)s2)c1. The Labute approximate surface area is 131 Å². The van der Waals surface area contributed by atoms with E-state index in [-0.39, 0.29) is 0 Å². The van der Waals surface area contributed by atoms with E-state index < -0.39 is 10.0 Å². The first-order valence-electron chi connectivity index (χ1n) is 5.89. The Morgan fingerprint density at radius 1 is 1.30 bits per heavy atom. The van der Waals surface area contributed by atoms with Gasteiger partial charge in [-0.1, -0.05) is 12.1 Å². The lowest BCUT2D eigenvalue weighted by Crippen LogP contribution is -2.25. The fourth-order valence-electron chi connectivity index (χ4n) is 1.67. The van der Waals surface area contributed by atoms with Gasteiger partial charge >= 0.3 is 0 Å². The van der Waals surface area contributed by atoms with Gasteiger partial charge in [-0.2, -0.15) is 0 Å². The molecule has 0 bridgehead atoms. The van der Waals surface area contributed by atoms with Crippen molar-refractivity contribution in [1.29, 1.82) is 0 Å². The van der Waals surface area contributed by atoms with Crippen LogP contribution in [0, 0.1) is 0 Å². The first-order chi connectivity index (χ1) is 9.51. The van der Waals surface area contributed by atoms with Gasteiger partial charge in [0.1, 0.15) is 9.96 Å². The number of hydrogen-bond acceptors (Lipinski definition) is 4. The maximum Gasteiger partial charge on any atom is 0.250 e. The van der Waals surface area contributed by atoms with Gasteiger partial charge in [0.15, 0.2) is 0 Å². The van der Waals surface area contributed by atoms with Crippen LogP contribution in [-0.4, -0.2) is 22.1 Å². The molecule has 0 amide bonds. The van der Waals surface area contributed by atoms with Gasteiger partial charge in [0, 0.05) is 6.54 Å². The second kappa shape index (κ2) is 6.71. The molecule has 0 aliphatic carbocycles. The standard InChI is InChI=1S/C13H14BrNO3S2/c1-18-11-4-2-3-10(9-11)7-8-15-20(16,17)13-6-5-12(14)19-13/h2-6,9,15H,7-8H2,1H3. The fraction of sp³-hybridized carbons (Fsp3) is 0.231. The van der Waals surface area contributed by atoms with E-state index in [0.717, 1.165) is 15.1 Å². The first-order valence-corrected chi connectivity index (χ1v) is 8.98. The van der Waals surface area contributed by atoms with Crippen LogP contribution in [0.4, 0.5) is 0 Å². The normalized spacial score (nSPS) is 11.5. The van der Waals surface area contributed by atoms with E-state index in [2.05, 4.69) is 20.7 Å². The van der Waals surface area contributed by atoms with Crippen LogP contribution in [0.25, 0.3) is 0 Å². The molecule has 0 saturated carbocycles. The summed E-state index contributed by atoms with van der Waals surface area (Å²) in [5.74, 6) is 0.771. The van der Waals surface area contributed by atoms with Crippen LogP contribution in [0.1, 0.15) is 5.56 Å². The van der Waals surface area contributed by atoms with Gasteiger partial charge in [-0.3, -0.25) is 0 Å². The van der Waals surface area contributed by atoms with Crippen molar-refractivity contribution in [2.75, 3.05) is 13.7 Å². The van der Waals surface area contributed by atoms with Crippen molar-refractivity contribution in [3.8, 4) is 5.75 Å². The second-order valence-electron chi connectivity index (χ2n) is 4.06. The summed E-state index contributed by atoms with van der Waals surface area (Å²) in [6.07, 6.45) is 0.614. The van der Waals surface area contributed by atoms with Crippen molar-refractivity contribution < 1.29 is 13.2 Å². The van der Waals surface area contributed by atoms with Gasteiger partial charge in [0.05, 0.1) is 10.9 Å². The highest BCUT2D eigenvalue weighted by molar-refractivity contribution is 9.11. The molecule has 0 fully saturated rings. The van der Waals surface area contributed by atoms with Crippen molar-refractivity contribution in [2.45, 2.75) is 10.6 Å². The predicted octanol–water partition coefficient (Wildman–Crippen LogP) is 3.04. The van der Waals surface area contributed by atoms with E-state index in [9.17, 15) is 8.42 Å². The molecule has 108 valence electrons. The van der Waals surface area contributed by atoms with Gasteiger partial charge in [-0.15, -0.1) is 11.3 Å². The van der Waals surface area contributed by atoms with E-state index in [1.807, 2.05) is 24.3 Å². The molecule has 2 rings (SSSR count). The number of halogens is 1. The molecule has 0 spiro atoms. The maximum absolute atomic E-state index is 12.0. The molecule has 1 N–H and O–H groups in total. The van der Waals surface area contributed by atoms with Crippen molar-refractivity contribution >= 4 is 37.3 Å². The minimum Gasteiger partial charge on any atom is -0.497 e. The summed E-state index contributed by atoms with van der Waals surface area (Å²) < 4.78 is 32.9. The lowest BCUT2D eigenvalue weighted by Gasteiger charge is -2.06. The van der Waals surface area contributed by atoms with Crippen LogP contribution in [0.5, 0.6) is 5.75 Å². The molecule has 1 aromatic carbocycles. The van der Waals surface area contributed by atoms with Gasteiger partial charge < -0.3 is 4.74 Å². The lowest BCUT2D eigenvalue weighted by molar-refractivity contribution is 0.414. The Hall–Kier alpha value is -0.890. The third-order valence-electron chi connectivity index (χ3n) is 2.65. The van der Waals surface area contributed by atoms with E-state index in [4.69, 9.17) is 4.74 Å². The van der Waals surface area contributed by atoms with Crippen LogP contribution >= 0.6 is 27.3 Å². The van der Waals surface area contributed by atoms with Crippen LogP contribution < -0.4 is 9.46 Å². The predicted molar refractivity (Wildman–Crippen MR) is 83.9 cm³/mol. The summed E-state index contributed by atoms with van der Waals surface area (Å²) in [6.45, 7) is 0.352. The smallest absolute Gasteiger partial charge is 0.250 e. The minimum absolute atomic E-state index is 0.315. The van der Waals surface area contributed by atoms with Gasteiger partial charge in [0.25, 0.3) is 0 Å². The zero-order valence-corrected chi connectivity index (χ0v) is 14.0. The molecule has 1 aromatic heterocycles. The highest BCUT2D eigenvalue weighted by Gasteiger charge is 2.15. The molecule has 0 saturated heterocycles. The molecule has 0 atom stereocenters. The molecule has 1 heterocycles. The molecular weight excluding hydrogens is 362 g/mol. The zero-order chi connectivity index (χ0) is 14.6. The number of hydrogen-bond donors (Lipinski definition) is 1. The topological polar surface area (TPSA) is 55.4 Å². The summed E-state index contributed by atoms with van der Waals surface area (Å²) in [6, 6.07) is 10.9. The molecule has 0 radical (unpaired) electrons. The molecule has 20 heavy (non-hydrogen) atoms. The largest absolute Gasteiger partial charge is 0.497 e. The highest BCUT2D eigenvalue weighted by atomic mass is 79.9. The molecule has 4 nitrogen and oxygen atoms in total. The summed E-state index contributed by atoms with van der Waals surface area (Å²) in [5, 5.41) is 0. The highest BCUT2D eigenvalue weighted by Crippen LogP contribution is 2.25. The number of ether oxygens (including phenoxy) is 1. The number of nitrogens with one attached hydrogen (secondary N) is 1. The molecular formula is C13H14BrNO3S2. The van der Waals surface area contributed by atoms with Gasteiger partial charge in [0.2, 0.25) is 10.0 Å². The van der Waals surface area contributed by atoms with Crippen molar-refractivity contribution in [3.63, 3.8) is 0 Å². The molecule has 0 aliphatic rings. The zero-order valence-electron chi connectivity index (χ0n) is 10.8. The number of rotatable bonds is 6. The second-order valence-corrected chi connectivity index (χ2v) is 8.51. The van der Waals surface area contributed by atoms with Crippen LogP contribution in [0.3, 0.4) is 0 Å². The molecule has 2 aromatic rings. The average Bonchev–Trinajstić information content (AvgIpc) is 2.86. The summed E-state index contributed by atoms with van der Waals surface area (Å²) in [4.78, 5) is 0. The summed E-state index contributed by atoms with van der Waals surface area (Å²) in [7, 11) is -1.81. The Balaban J connectivity index is 1.95. The van der Waals surface area contributed by atoms with Crippen molar-refractivity contribution in [2.24, 2.45) is 0 Å². The van der Waals surface area contributed by atoms with E-state index in [1.54, 1.807) is 19.2 Å². The van der Waals surface area contributed by atoms with E-state index in [0.29, 0.717) is 17.2 Å². The van der Waals surface area contributed by atoms with E-state index >= 15 is 0 Å². The Morgan fingerprint density at radius 3 is 2.75 bits per heavy atom. The lowest BCUT2D eigenvalue weighted by atomic mass is 10.1. The van der Waals surface area contributed by atoms with E-state index in [1.165, 1.54) is 11.3 Å². The Kier molecular flexibility index (Phi) is 5.20. The first kappa shape index (κ1) is 15.5. The number of methoxy groups -OCH3 is 1. The molecule has 0 unspecified atom stereocenters. The fourth-order valence-corrected chi connectivity index (χ4v) is 4.76. The van der Waals surface area contributed by atoms with Gasteiger partial charge in [-0.25, -0.2) is 13.1 Å². The number of sulfonamides is 1. The number of thiophene rings is 1. The van der Waals surface area contributed by atoms with Crippen LogP contribution in [-0.2, 0) is 16.4 Å². The summed E-state index contributed by atoms with van der Waals surface area (Å²) in [5.41, 5.74) is 1.03. The summed E-state index contributed by atoms with van der Waals surface area (Å²) >= 11 is 4.45. The molecule has 0 aliphatic heterocycles. The Bertz CT molecular complexity index is 682. The monoisotopic (exact) mass is 375 g/mol. The molecule has 7 heteroatoms. The Morgan fingerprint density at radius 2 is 2.10 bits per heavy atom. The van der Waals surface area contributed by atoms with Crippen molar-refractivity contribution in [1.82, 2.24) is 4.72 Å². The van der Waals surface area contributed by atoms with Crippen molar-refractivity contribution in [3.05, 3.63) is 45.7 Å². The number of benzene rings is 1. The van der Waals surface area contributed by atoms with Crippen LogP contribution in [0.15, 0.2) is 44.4 Å². The van der Waals surface area contributed by atoms with Crippen LogP contribution in [0.2, 0.25) is 0 Å². The van der Waals surface area contributed by atoms with Gasteiger partial charge in [-0.05, 0) is 52.2 Å². The quantitative estimate of drug-likeness (QED) is 0.843. The third kappa shape index (κ3) is 4.05. The third-order valence-corrected chi connectivity index (χ3v) is 6.23. The maximum atomic E-state index is 12.0. The average molecular weight is 376 g/mol.